The minimum atomic E-state index is -4.40. The van der Waals surface area contributed by atoms with Gasteiger partial charge in [-0.1, -0.05) is 17.8 Å². The molecule has 19 heavy (non-hydrogen) atoms. The Kier molecular flexibility index (Phi) is 3.61. The first-order valence-corrected chi connectivity index (χ1v) is 6.17. The molecular weight excluding hydrogens is 273 g/mol. The predicted molar refractivity (Wildman–Crippen MR) is 70.8 cm³/mol. The van der Waals surface area contributed by atoms with Gasteiger partial charge in [0.05, 0.1) is 5.56 Å². The van der Waals surface area contributed by atoms with Crippen molar-refractivity contribution < 1.29 is 13.2 Å². The van der Waals surface area contributed by atoms with Gasteiger partial charge in [-0.25, -0.2) is 0 Å². The van der Waals surface area contributed by atoms with E-state index in [0.717, 1.165) is 17.0 Å². The van der Waals surface area contributed by atoms with Gasteiger partial charge in [-0.15, -0.1) is 0 Å². The first-order chi connectivity index (χ1) is 8.84. The Morgan fingerprint density at radius 1 is 0.842 bits per heavy atom. The van der Waals surface area contributed by atoms with Crippen molar-refractivity contribution in [3.8, 4) is 0 Å². The van der Waals surface area contributed by atoms with Gasteiger partial charge in [0.1, 0.15) is 0 Å². The van der Waals surface area contributed by atoms with E-state index < -0.39 is 11.7 Å². The van der Waals surface area contributed by atoms with Crippen molar-refractivity contribution >= 4 is 23.1 Å². The van der Waals surface area contributed by atoms with E-state index >= 15 is 0 Å². The maximum Gasteiger partial charge on any atom is 0.416 e. The molecule has 2 rings (SSSR count). The molecule has 0 aliphatic heterocycles. The maximum absolute atomic E-state index is 12.7. The second-order valence-electron chi connectivity index (χ2n) is 3.96. The van der Waals surface area contributed by atoms with E-state index in [2.05, 4.69) is 0 Å². The van der Waals surface area contributed by atoms with Crippen molar-refractivity contribution in [1.82, 2.24) is 0 Å². The zero-order valence-corrected chi connectivity index (χ0v) is 10.6. The van der Waals surface area contributed by atoms with E-state index in [0.29, 0.717) is 10.6 Å². The van der Waals surface area contributed by atoms with E-state index in [9.17, 15) is 13.2 Å². The van der Waals surface area contributed by atoms with Gasteiger partial charge in [0.2, 0.25) is 0 Å². The highest BCUT2D eigenvalue weighted by Gasteiger charge is 2.31. The minimum absolute atomic E-state index is 0.0845. The quantitative estimate of drug-likeness (QED) is 0.819. The molecule has 4 N–H and O–H groups in total. The second kappa shape index (κ2) is 5.05. The molecule has 0 spiro atoms. The minimum Gasteiger partial charge on any atom is -0.399 e. The van der Waals surface area contributed by atoms with Gasteiger partial charge in [0.15, 0.2) is 0 Å². The van der Waals surface area contributed by atoms with Crippen LogP contribution in [0, 0.1) is 0 Å². The van der Waals surface area contributed by atoms with E-state index in [1.807, 2.05) is 0 Å². The monoisotopic (exact) mass is 284 g/mol. The smallest absolute Gasteiger partial charge is 0.399 e. The molecule has 0 bridgehead atoms. The number of hydrogen-bond donors (Lipinski definition) is 2. The number of nitrogen functional groups attached to an aromatic ring is 2. The van der Waals surface area contributed by atoms with E-state index in [4.69, 9.17) is 11.5 Å². The van der Waals surface area contributed by atoms with Crippen LogP contribution in [0.25, 0.3) is 0 Å². The van der Waals surface area contributed by atoms with Crippen LogP contribution in [0.1, 0.15) is 5.56 Å². The molecule has 0 heterocycles. The topological polar surface area (TPSA) is 52.0 Å². The Bertz CT molecular complexity index is 597. The standard InChI is InChI=1S/C13H11F3N2S/c14-13(15,16)8-4-10(18)7-12(5-8)19-11-3-1-2-9(17)6-11/h1-7H,17-18H2. The fraction of sp³-hybridized carbons (Fsp3) is 0.0769. The van der Waals surface area contributed by atoms with Gasteiger partial charge in [-0.05, 0) is 36.4 Å². The van der Waals surface area contributed by atoms with Crippen molar-refractivity contribution in [1.29, 1.82) is 0 Å². The van der Waals surface area contributed by atoms with Crippen LogP contribution in [-0.2, 0) is 6.18 Å². The second-order valence-corrected chi connectivity index (χ2v) is 5.11. The highest BCUT2D eigenvalue weighted by Crippen LogP contribution is 2.36. The number of anilines is 2. The molecular formula is C13H11F3N2S. The third kappa shape index (κ3) is 3.57. The predicted octanol–water partition coefficient (Wildman–Crippen LogP) is 4.02. The Morgan fingerprint density at radius 3 is 2.16 bits per heavy atom. The SMILES string of the molecule is Nc1cccc(Sc2cc(N)cc(C(F)(F)F)c2)c1. The lowest BCUT2D eigenvalue weighted by molar-refractivity contribution is -0.137. The lowest BCUT2D eigenvalue weighted by atomic mass is 10.2. The first-order valence-electron chi connectivity index (χ1n) is 5.36. The summed E-state index contributed by atoms with van der Waals surface area (Å²) >= 11 is 1.19. The molecule has 0 saturated heterocycles. The summed E-state index contributed by atoms with van der Waals surface area (Å²) < 4.78 is 38.0. The summed E-state index contributed by atoms with van der Waals surface area (Å²) in [5.74, 6) is 0. The van der Waals surface area contributed by atoms with Crippen molar-refractivity contribution in [3.63, 3.8) is 0 Å². The van der Waals surface area contributed by atoms with E-state index in [1.54, 1.807) is 24.3 Å². The van der Waals surface area contributed by atoms with Crippen LogP contribution in [0.15, 0.2) is 52.3 Å². The van der Waals surface area contributed by atoms with Crippen molar-refractivity contribution in [3.05, 3.63) is 48.0 Å². The third-order valence-electron chi connectivity index (χ3n) is 2.35. The highest BCUT2D eigenvalue weighted by molar-refractivity contribution is 7.99. The Morgan fingerprint density at radius 2 is 1.53 bits per heavy atom. The average Bonchev–Trinajstić information content (AvgIpc) is 2.26. The van der Waals surface area contributed by atoms with Gasteiger partial charge >= 0.3 is 6.18 Å². The molecule has 0 amide bonds. The summed E-state index contributed by atoms with van der Waals surface area (Å²) in [5.41, 5.74) is 11.0. The molecule has 6 heteroatoms. The number of halogens is 3. The van der Waals surface area contributed by atoms with E-state index in [-0.39, 0.29) is 5.69 Å². The summed E-state index contributed by atoms with van der Waals surface area (Å²) in [4.78, 5) is 1.19. The number of nitrogens with two attached hydrogens (primary N) is 2. The fourth-order valence-corrected chi connectivity index (χ4v) is 2.55. The number of hydrogen-bond acceptors (Lipinski definition) is 3. The molecule has 100 valence electrons. The first kappa shape index (κ1) is 13.6. The molecule has 0 saturated carbocycles. The van der Waals surface area contributed by atoms with Crippen molar-refractivity contribution in [2.75, 3.05) is 11.5 Å². The molecule has 0 unspecified atom stereocenters. The van der Waals surface area contributed by atoms with Crippen LogP contribution >= 0.6 is 11.8 Å². The zero-order chi connectivity index (χ0) is 14.0. The number of benzene rings is 2. The van der Waals surface area contributed by atoms with Gasteiger partial charge in [-0.3, -0.25) is 0 Å². The van der Waals surface area contributed by atoms with Gasteiger partial charge < -0.3 is 11.5 Å². The summed E-state index contributed by atoms with van der Waals surface area (Å²) in [6.45, 7) is 0. The van der Waals surface area contributed by atoms with Crippen LogP contribution in [0.3, 0.4) is 0 Å². The zero-order valence-electron chi connectivity index (χ0n) is 9.74. The van der Waals surface area contributed by atoms with Crippen molar-refractivity contribution in [2.45, 2.75) is 16.0 Å². The Hall–Kier alpha value is -1.82. The van der Waals surface area contributed by atoms with Crippen LogP contribution in [0.4, 0.5) is 24.5 Å². The van der Waals surface area contributed by atoms with Gasteiger partial charge in [0.25, 0.3) is 0 Å². The lowest BCUT2D eigenvalue weighted by Crippen LogP contribution is -2.05. The Balaban J connectivity index is 2.33. The summed E-state index contributed by atoms with van der Waals surface area (Å²) in [6.07, 6.45) is -4.40. The van der Waals surface area contributed by atoms with E-state index in [1.165, 1.54) is 17.8 Å². The van der Waals surface area contributed by atoms with Gasteiger partial charge in [-0.2, -0.15) is 13.2 Å². The number of alkyl halides is 3. The lowest BCUT2D eigenvalue weighted by Gasteiger charge is -2.10. The molecule has 2 aromatic carbocycles. The van der Waals surface area contributed by atoms with Gasteiger partial charge in [0, 0.05) is 21.2 Å². The van der Waals surface area contributed by atoms with Crippen LogP contribution in [-0.4, -0.2) is 0 Å². The summed E-state index contributed by atoms with van der Waals surface area (Å²) in [7, 11) is 0. The largest absolute Gasteiger partial charge is 0.416 e. The molecule has 0 radical (unpaired) electrons. The number of rotatable bonds is 2. The highest BCUT2D eigenvalue weighted by atomic mass is 32.2. The summed E-state index contributed by atoms with van der Waals surface area (Å²) in [6, 6.07) is 10.4. The van der Waals surface area contributed by atoms with Crippen LogP contribution in [0.5, 0.6) is 0 Å². The summed E-state index contributed by atoms with van der Waals surface area (Å²) in [5, 5.41) is 0. The molecule has 0 aliphatic rings. The maximum atomic E-state index is 12.7. The molecule has 0 aliphatic carbocycles. The van der Waals surface area contributed by atoms with Crippen LogP contribution in [0.2, 0.25) is 0 Å². The van der Waals surface area contributed by atoms with Crippen LogP contribution < -0.4 is 11.5 Å². The third-order valence-corrected chi connectivity index (χ3v) is 3.31. The molecule has 0 fully saturated rings. The molecule has 0 aromatic heterocycles. The molecule has 0 atom stereocenters. The fourth-order valence-electron chi connectivity index (χ4n) is 1.56. The average molecular weight is 284 g/mol. The molecule has 2 aromatic rings. The normalized spacial score (nSPS) is 11.5. The Labute approximate surface area is 112 Å². The van der Waals surface area contributed by atoms with Crippen molar-refractivity contribution in [2.24, 2.45) is 0 Å². The molecule has 2 nitrogen and oxygen atoms in total.